The van der Waals surface area contributed by atoms with Gasteiger partial charge in [0, 0.05) is 19.8 Å². The summed E-state index contributed by atoms with van der Waals surface area (Å²) >= 11 is 0. The number of rotatable bonds is 1. The number of morpholine rings is 1. The van der Waals surface area contributed by atoms with Crippen molar-refractivity contribution in [2.75, 3.05) is 13.2 Å². The highest BCUT2D eigenvalue weighted by atomic mass is 16.5. The molecule has 0 aromatic carbocycles. The lowest BCUT2D eigenvalue weighted by Crippen LogP contribution is -2.51. The Morgan fingerprint density at radius 3 is 2.89 bits per heavy atom. The van der Waals surface area contributed by atoms with Crippen molar-refractivity contribution in [1.82, 2.24) is 15.1 Å². The molecule has 1 aromatic heterocycles. The van der Waals surface area contributed by atoms with Crippen molar-refractivity contribution < 1.29 is 4.74 Å². The average Bonchev–Trinajstić information content (AvgIpc) is 2.85. The summed E-state index contributed by atoms with van der Waals surface area (Å²) in [6, 6.07) is 2.39. The van der Waals surface area contributed by atoms with Crippen molar-refractivity contribution >= 4 is 0 Å². The van der Waals surface area contributed by atoms with Gasteiger partial charge in [0.15, 0.2) is 0 Å². The Hall–Kier alpha value is -0.870. The molecule has 4 heteroatoms. The SMILES string of the molecule is Cn1nccc1C1NCCOC12CCC(C)(C)C2. The quantitative estimate of drug-likeness (QED) is 0.827. The maximum atomic E-state index is 6.25. The summed E-state index contributed by atoms with van der Waals surface area (Å²) < 4.78 is 8.22. The first-order valence-corrected chi connectivity index (χ1v) is 6.88. The topological polar surface area (TPSA) is 39.1 Å². The summed E-state index contributed by atoms with van der Waals surface area (Å²) in [5.74, 6) is 0. The Labute approximate surface area is 109 Å². The molecule has 2 aliphatic rings. The maximum absolute atomic E-state index is 6.25. The molecule has 1 saturated heterocycles. The number of nitrogens with one attached hydrogen (secondary N) is 1. The Morgan fingerprint density at radius 1 is 1.44 bits per heavy atom. The zero-order chi connectivity index (χ0) is 12.8. The molecule has 0 amide bonds. The average molecular weight is 249 g/mol. The molecule has 2 fully saturated rings. The van der Waals surface area contributed by atoms with E-state index < -0.39 is 0 Å². The third-order valence-corrected chi connectivity index (χ3v) is 4.52. The lowest BCUT2D eigenvalue weighted by atomic mass is 9.83. The van der Waals surface area contributed by atoms with Gasteiger partial charge in [-0.25, -0.2) is 0 Å². The van der Waals surface area contributed by atoms with Gasteiger partial charge in [-0.1, -0.05) is 13.8 Å². The molecule has 2 unspecified atom stereocenters. The van der Waals surface area contributed by atoms with Crippen LogP contribution >= 0.6 is 0 Å². The van der Waals surface area contributed by atoms with Crippen LogP contribution in [0.15, 0.2) is 12.3 Å². The van der Waals surface area contributed by atoms with Crippen molar-refractivity contribution in [1.29, 1.82) is 0 Å². The third-order valence-electron chi connectivity index (χ3n) is 4.52. The van der Waals surface area contributed by atoms with Gasteiger partial charge >= 0.3 is 0 Å². The third kappa shape index (κ3) is 1.88. The largest absolute Gasteiger partial charge is 0.372 e. The van der Waals surface area contributed by atoms with E-state index in [-0.39, 0.29) is 11.6 Å². The van der Waals surface area contributed by atoms with Gasteiger partial charge in [0.2, 0.25) is 0 Å². The Kier molecular flexibility index (Phi) is 2.75. The molecule has 1 saturated carbocycles. The Balaban J connectivity index is 1.94. The number of aryl methyl sites for hydroxylation is 1. The summed E-state index contributed by atoms with van der Waals surface area (Å²) in [4.78, 5) is 0. The fraction of sp³-hybridized carbons (Fsp3) is 0.786. The molecule has 1 aromatic rings. The second-order valence-corrected chi connectivity index (χ2v) is 6.52. The second kappa shape index (κ2) is 4.07. The zero-order valence-electron chi connectivity index (χ0n) is 11.6. The molecule has 2 atom stereocenters. The van der Waals surface area contributed by atoms with Gasteiger partial charge in [-0.15, -0.1) is 0 Å². The van der Waals surface area contributed by atoms with Crippen LogP contribution < -0.4 is 5.32 Å². The minimum Gasteiger partial charge on any atom is -0.372 e. The van der Waals surface area contributed by atoms with E-state index in [1.807, 2.05) is 17.9 Å². The molecule has 1 aliphatic heterocycles. The molecule has 2 heterocycles. The predicted molar refractivity (Wildman–Crippen MR) is 70.3 cm³/mol. The van der Waals surface area contributed by atoms with Gasteiger partial charge in [-0.3, -0.25) is 4.68 Å². The van der Waals surface area contributed by atoms with Gasteiger partial charge in [-0.2, -0.15) is 5.10 Å². The highest BCUT2D eigenvalue weighted by Gasteiger charge is 2.51. The van der Waals surface area contributed by atoms with E-state index in [0.717, 1.165) is 26.0 Å². The second-order valence-electron chi connectivity index (χ2n) is 6.52. The Bertz CT molecular complexity index is 440. The van der Waals surface area contributed by atoms with E-state index in [2.05, 4.69) is 30.3 Å². The molecule has 1 N–H and O–H groups in total. The number of ether oxygens (including phenoxy) is 1. The van der Waals surface area contributed by atoms with Crippen molar-refractivity contribution in [3.05, 3.63) is 18.0 Å². The van der Waals surface area contributed by atoms with Gasteiger partial charge in [-0.05, 0) is 30.7 Å². The molecule has 0 bridgehead atoms. The molecule has 3 rings (SSSR count). The highest BCUT2D eigenvalue weighted by Crippen LogP contribution is 2.51. The van der Waals surface area contributed by atoms with E-state index in [0.29, 0.717) is 5.41 Å². The number of hydrogen-bond acceptors (Lipinski definition) is 3. The lowest BCUT2D eigenvalue weighted by molar-refractivity contribution is -0.100. The van der Waals surface area contributed by atoms with Crippen LogP contribution in [0.3, 0.4) is 0 Å². The van der Waals surface area contributed by atoms with Crippen LogP contribution in [-0.4, -0.2) is 28.5 Å². The molecule has 0 radical (unpaired) electrons. The van der Waals surface area contributed by atoms with Gasteiger partial charge in [0.1, 0.15) is 0 Å². The molecular formula is C14H23N3O. The first kappa shape index (κ1) is 12.2. The zero-order valence-corrected chi connectivity index (χ0v) is 11.6. The van der Waals surface area contributed by atoms with Crippen molar-refractivity contribution in [2.45, 2.75) is 44.8 Å². The van der Waals surface area contributed by atoms with Crippen molar-refractivity contribution in [3.8, 4) is 0 Å². The normalized spacial score (nSPS) is 35.2. The van der Waals surface area contributed by atoms with Crippen LogP contribution in [0.25, 0.3) is 0 Å². The van der Waals surface area contributed by atoms with Crippen LogP contribution in [0.5, 0.6) is 0 Å². The molecule has 18 heavy (non-hydrogen) atoms. The van der Waals surface area contributed by atoms with E-state index in [4.69, 9.17) is 4.74 Å². The van der Waals surface area contributed by atoms with Gasteiger partial charge in [0.05, 0.1) is 23.9 Å². The molecule has 1 spiro atoms. The molecule has 4 nitrogen and oxygen atoms in total. The number of aromatic nitrogens is 2. The van der Waals surface area contributed by atoms with E-state index >= 15 is 0 Å². The highest BCUT2D eigenvalue weighted by molar-refractivity contribution is 5.17. The summed E-state index contributed by atoms with van der Waals surface area (Å²) in [6.07, 6.45) is 5.38. The Morgan fingerprint density at radius 2 is 2.28 bits per heavy atom. The first-order chi connectivity index (χ1) is 8.53. The molecule has 100 valence electrons. The lowest BCUT2D eigenvalue weighted by Gasteiger charge is -2.43. The summed E-state index contributed by atoms with van der Waals surface area (Å²) in [5.41, 5.74) is 1.60. The summed E-state index contributed by atoms with van der Waals surface area (Å²) in [6.45, 7) is 6.45. The minimum absolute atomic E-state index is 0.0322. The van der Waals surface area contributed by atoms with Crippen LogP contribution in [0.2, 0.25) is 0 Å². The van der Waals surface area contributed by atoms with Crippen LogP contribution in [0.4, 0.5) is 0 Å². The monoisotopic (exact) mass is 249 g/mol. The van der Waals surface area contributed by atoms with Crippen LogP contribution in [0, 0.1) is 5.41 Å². The van der Waals surface area contributed by atoms with E-state index in [9.17, 15) is 0 Å². The first-order valence-electron chi connectivity index (χ1n) is 6.88. The van der Waals surface area contributed by atoms with Crippen molar-refractivity contribution in [2.24, 2.45) is 12.5 Å². The predicted octanol–water partition coefficient (Wildman–Crippen LogP) is 2.03. The fourth-order valence-electron chi connectivity index (χ4n) is 3.67. The van der Waals surface area contributed by atoms with E-state index in [1.165, 1.54) is 12.1 Å². The van der Waals surface area contributed by atoms with Crippen LogP contribution in [-0.2, 0) is 11.8 Å². The number of hydrogen-bond donors (Lipinski definition) is 1. The standard InChI is InChI=1S/C14H23N3O/c1-13(2)5-6-14(10-13)12(15-8-9-18-14)11-4-7-16-17(11)3/h4,7,12,15H,5-6,8-10H2,1-3H3. The molecule has 1 aliphatic carbocycles. The van der Waals surface area contributed by atoms with Crippen LogP contribution in [0.1, 0.15) is 44.8 Å². The fourth-order valence-corrected chi connectivity index (χ4v) is 3.67. The van der Waals surface area contributed by atoms with Gasteiger partial charge in [0.25, 0.3) is 0 Å². The van der Waals surface area contributed by atoms with Gasteiger partial charge < -0.3 is 10.1 Å². The summed E-state index contributed by atoms with van der Waals surface area (Å²) in [7, 11) is 2.01. The number of nitrogens with zero attached hydrogens (tertiary/aromatic N) is 2. The minimum atomic E-state index is -0.0322. The smallest absolute Gasteiger partial charge is 0.0897 e. The summed E-state index contributed by atoms with van der Waals surface area (Å²) in [5, 5.41) is 7.95. The molecular weight excluding hydrogens is 226 g/mol. The van der Waals surface area contributed by atoms with E-state index in [1.54, 1.807) is 0 Å². The van der Waals surface area contributed by atoms with Crippen molar-refractivity contribution in [3.63, 3.8) is 0 Å². The maximum Gasteiger partial charge on any atom is 0.0897 e.